The van der Waals surface area contributed by atoms with Crippen molar-refractivity contribution >= 4 is 16.8 Å². The Morgan fingerprint density at radius 3 is 3.00 bits per heavy atom. The lowest BCUT2D eigenvalue weighted by molar-refractivity contribution is -0.111. The van der Waals surface area contributed by atoms with Crippen LogP contribution in [0.2, 0.25) is 0 Å². The Bertz CT molecular complexity index is 151. The van der Waals surface area contributed by atoms with Crippen LogP contribution in [0.3, 0.4) is 0 Å². The minimum Gasteiger partial charge on any atom is -0.281 e. The van der Waals surface area contributed by atoms with Gasteiger partial charge in [0.2, 0.25) is 5.24 Å². The van der Waals surface area contributed by atoms with Gasteiger partial charge in [-0.05, 0) is 36.8 Å². The van der Waals surface area contributed by atoms with Crippen LogP contribution in [0.4, 0.5) is 0 Å². The lowest BCUT2D eigenvalue weighted by Gasteiger charge is -2.02. The summed E-state index contributed by atoms with van der Waals surface area (Å²) in [6, 6.07) is 0. The Kier molecular flexibility index (Phi) is 2.94. The van der Waals surface area contributed by atoms with Crippen LogP contribution in [0.15, 0.2) is 12.2 Å². The van der Waals surface area contributed by atoms with E-state index >= 15 is 0 Å². The monoisotopic (exact) mass is 158 g/mol. The maximum atomic E-state index is 10.3. The van der Waals surface area contributed by atoms with Crippen molar-refractivity contribution in [1.29, 1.82) is 0 Å². The SMILES string of the molecule is O=C(Cl)CC[C@H]1C=CCC1. The zero-order valence-electron chi connectivity index (χ0n) is 5.85. The van der Waals surface area contributed by atoms with Crippen molar-refractivity contribution in [3.63, 3.8) is 0 Å². The van der Waals surface area contributed by atoms with E-state index in [1.807, 2.05) is 0 Å². The standard InChI is InChI=1S/C8H11ClO/c9-8(10)6-5-7-3-1-2-4-7/h1,3,7H,2,4-6H2/t7-/m0/s1. The van der Waals surface area contributed by atoms with Gasteiger partial charge in [0.1, 0.15) is 0 Å². The molecule has 0 amide bonds. The first-order valence-electron chi connectivity index (χ1n) is 3.64. The average Bonchev–Trinajstić information content (AvgIpc) is 2.34. The summed E-state index contributed by atoms with van der Waals surface area (Å²) < 4.78 is 0. The summed E-state index contributed by atoms with van der Waals surface area (Å²) in [5.41, 5.74) is 0. The van der Waals surface area contributed by atoms with Crippen LogP contribution < -0.4 is 0 Å². The molecule has 10 heavy (non-hydrogen) atoms. The highest BCUT2D eigenvalue weighted by Gasteiger charge is 2.09. The molecular weight excluding hydrogens is 148 g/mol. The largest absolute Gasteiger partial charge is 0.281 e. The van der Waals surface area contributed by atoms with Crippen LogP contribution in [0.25, 0.3) is 0 Å². The molecule has 0 fully saturated rings. The molecule has 0 aliphatic heterocycles. The van der Waals surface area contributed by atoms with Crippen molar-refractivity contribution in [1.82, 2.24) is 0 Å². The van der Waals surface area contributed by atoms with Gasteiger partial charge in [0.05, 0.1) is 0 Å². The summed E-state index contributed by atoms with van der Waals surface area (Å²) in [6.45, 7) is 0. The number of halogens is 1. The van der Waals surface area contributed by atoms with E-state index in [0.717, 1.165) is 6.42 Å². The van der Waals surface area contributed by atoms with Crippen molar-refractivity contribution in [3.8, 4) is 0 Å². The fourth-order valence-corrected chi connectivity index (χ4v) is 1.34. The fourth-order valence-electron chi connectivity index (χ4n) is 1.23. The summed E-state index contributed by atoms with van der Waals surface area (Å²) in [5.74, 6) is 0.614. The molecule has 0 spiro atoms. The first-order valence-corrected chi connectivity index (χ1v) is 4.02. The number of allylic oxidation sites excluding steroid dienone is 2. The van der Waals surface area contributed by atoms with Gasteiger partial charge in [-0.25, -0.2) is 0 Å². The number of hydrogen-bond acceptors (Lipinski definition) is 1. The highest BCUT2D eigenvalue weighted by atomic mass is 35.5. The number of carbonyl (C=O) groups is 1. The second-order valence-electron chi connectivity index (χ2n) is 2.66. The Morgan fingerprint density at radius 2 is 2.50 bits per heavy atom. The van der Waals surface area contributed by atoms with Gasteiger partial charge in [-0.3, -0.25) is 4.79 Å². The van der Waals surface area contributed by atoms with Gasteiger partial charge in [0.25, 0.3) is 0 Å². The Labute approximate surface area is 66.1 Å². The minimum absolute atomic E-state index is 0.208. The van der Waals surface area contributed by atoms with Crippen LogP contribution in [0, 0.1) is 5.92 Å². The molecule has 1 aliphatic rings. The van der Waals surface area contributed by atoms with Gasteiger partial charge in [0.15, 0.2) is 0 Å². The summed E-state index contributed by atoms with van der Waals surface area (Å²) in [7, 11) is 0. The summed E-state index contributed by atoms with van der Waals surface area (Å²) in [4.78, 5) is 10.3. The molecule has 0 saturated carbocycles. The van der Waals surface area contributed by atoms with Gasteiger partial charge >= 0.3 is 0 Å². The number of hydrogen-bond donors (Lipinski definition) is 0. The second kappa shape index (κ2) is 3.77. The van der Waals surface area contributed by atoms with Crippen LogP contribution in [-0.4, -0.2) is 5.24 Å². The van der Waals surface area contributed by atoms with Gasteiger partial charge in [-0.1, -0.05) is 12.2 Å². The predicted octanol–water partition coefficient (Wildman–Crippen LogP) is 2.50. The highest BCUT2D eigenvalue weighted by molar-refractivity contribution is 6.63. The molecular formula is C8H11ClO. The maximum Gasteiger partial charge on any atom is 0.221 e. The van der Waals surface area contributed by atoms with E-state index in [2.05, 4.69) is 12.2 Å². The highest BCUT2D eigenvalue weighted by Crippen LogP contribution is 2.21. The smallest absolute Gasteiger partial charge is 0.221 e. The molecule has 0 aromatic carbocycles. The van der Waals surface area contributed by atoms with Crippen LogP contribution >= 0.6 is 11.6 Å². The molecule has 1 nitrogen and oxygen atoms in total. The lowest BCUT2D eigenvalue weighted by Crippen LogP contribution is -1.94. The van der Waals surface area contributed by atoms with E-state index in [1.54, 1.807) is 0 Å². The first kappa shape index (κ1) is 7.80. The minimum atomic E-state index is -0.208. The number of carbonyl (C=O) groups excluding carboxylic acids is 1. The lowest BCUT2D eigenvalue weighted by atomic mass is 10.0. The van der Waals surface area contributed by atoms with E-state index < -0.39 is 0 Å². The van der Waals surface area contributed by atoms with E-state index in [0.29, 0.717) is 12.3 Å². The molecule has 56 valence electrons. The molecule has 1 aliphatic carbocycles. The van der Waals surface area contributed by atoms with Crippen molar-refractivity contribution in [2.45, 2.75) is 25.7 Å². The molecule has 0 aromatic heterocycles. The molecule has 0 aromatic rings. The summed E-state index contributed by atoms with van der Waals surface area (Å²) in [6.07, 6.45) is 8.17. The predicted molar refractivity (Wildman–Crippen MR) is 42.0 cm³/mol. The Hall–Kier alpha value is -0.300. The quantitative estimate of drug-likeness (QED) is 0.456. The van der Waals surface area contributed by atoms with Gasteiger partial charge in [0, 0.05) is 6.42 Å². The third-order valence-electron chi connectivity index (χ3n) is 1.82. The third-order valence-corrected chi connectivity index (χ3v) is 2.01. The molecule has 0 radical (unpaired) electrons. The number of rotatable bonds is 3. The van der Waals surface area contributed by atoms with Crippen molar-refractivity contribution in [3.05, 3.63) is 12.2 Å². The van der Waals surface area contributed by atoms with Crippen LogP contribution in [0.5, 0.6) is 0 Å². The molecule has 1 rings (SSSR count). The van der Waals surface area contributed by atoms with Crippen molar-refractivity contribution in [2.75, 3.05) is 0 Å². The van der Waals surface area contributed by atoms with Crippen molar-refractivity contribution in [2.24, 2.45) is 5.92 Å². The topological polar surface area (TPSA) is 17.1 Å². The zero-order chi connectivity index (χ0) is 7.40. The summed E-state index contributed by atoms with van der Waals surface area (Å²) in [5, 5.41) is -0.208. The van der Waals surface area contributed by atoms with Crippen LogP contribution in [0.1, 0.15) is 25.7 Å². The summed E-state index contributed by atoms with van der Waals surface area (Å²) >= 11 is 5.19. The Morgan fingerprint density at radius 1 is 1.70 bits per heavy atom. The molecule has 0 bridgehead atoms. The van der Waals surface area contributed by atoms with Gasteiger partial charge in [-0.15, -0.1) is 0 Å². The molecule has 0 saturated heterocycles. The van der Waals surface area contributed by atoms with Crippen molar-refractivity contribution < 1.29 is 4.79 Å². The average molecular weight is 159 g/mol. The van der Waals surface area contributed by atoms with E-state index in [9.17, 15) is 4.79 Å². The third kappa shape index (κ3) is 2.53. The Balaban J connectivity index is 2.13. The van der Waals surface area contributed by atoms with Gasteiger partial charge < -0.3 is 0 Å². The zero-order valence-corrected chi connectivity index (χ0v) is 6.60. The first-order chi connectivity index (χ1) is 4.79. The normalized spacial score (nSPS) is 23.5. The molecule has 0 N–H and O–H groups in total. The van der Waals surface area contributed by atoms with Crippen LogP contribution in [-0.2, 0) is 4.79 Å². The van der Waals surface area contributed by atoms with Gasteiger partial charge in [-0.2, -0.15) is 0 Å². The molecule has 2 heteroatoms. The molecule has 1 atom stereocenters. The van der Waals surface area contributed by atoms with E-state index in [4.69, 9.17) is 11.6 Å². The molecule has 0 unspecified atom stereocenters. The molecule has 0 heterocycles. The van der Waals surface area contributed by atoms with E-state index in [-0.39, 0.29) is 5.24 Å². The fraction of sp³-hybridized carbons (Fsp3) is 0.625. The second-order valence-corrected chi connectivity index (χ2v) is 3.08. The maximum absolute atomic E-state index is 10.3. The van der Waals surface area contributed by atoms with E-state index in [1.165, 1.54) is 12.8 Å².